The zero-order chi connectivity index (χ0) is 15.4. The van der Waals surface area contributed by atoms with Gasteiger partial charge in [0.1, 0.15) is 5.52 Å². The highest BCUT2D eigenvalue weighted by Gasteiger charge is 2.19. The van der Waals surface area contributed by atoms with Gasteiger partial charge in [0, 0.05) is 11.6 Å². The van der Waals surface area contributed by atoms with E-state index in [1.165, 1.54) is 0 Å². The number of carbonyl (C=O) groups is 2. The Balaban J connectivity index is 2.02. The number of imide groups is 1. The average Bonchev–Trinajstić information content (AvgIpc) is 2.80. The molecule has 112 valence electrons. The van der Waals surface area contributed by atoms with Crippen molar-refractivity contribution in [3.05, 3.63) is 23.2 Å². The SMILES string of the molecule is CCNC(=O)NC(=O)C(C)Sc1nc2cc(Cl)ccc2o1. The van der Waals surface area contributed by atoms with Crippen LogP contribution in [0.2, 0.25) is 5.02 Å². The summed E-state index contributed by atoms with van der Waals surface area (Å²) >= 11 is 7.00. The molecule has 0 saturated carbocycles. The summed E-state index contributed by atoms with van der Waals surface area (Å²) in [5.74, 6) is -0.411. The van der Waals surface area contributed by atoms with Gasteiger partial charge < -0.3 is 9.73 Å². The summed E-state index contributed by atoms with van der Waals surface area (Å²) in [7, 11) is 0. The van der Waals surface area contributed by atoms with E-state index in [0.29, 0.717) is 27.9 Å². The van der Waals surface area contributed by atoms with Gasteiger partial charge in [0.15, 0.2) is 5.58 Å². The molecule has 0 aliphatic heterocycles. The van der Waals surface area contributed by atoms with Gasteiger partial charge in [-0.2, -0.15) is 0 Å². The minimum Gasteiger partial charge on any atom is -0.431 e. The standard InChI is InChI=1S/C13H14ClN3O3S/c1-3-15-12(19)17-11(18)7(2)21-13-16-9-6-8(14)4-5-10(9)20-13/h4-7H,3H2,1-2H3,(H2,15,17,18,19). The van der Waals surface area contributed by atoms with E-state index in [-0.39, 0.29) is 0 Å². The lowest BCUT2D eigenvalue weighted by atomic mass is 10.3. The van der Waals surface area contributed by atoms with Crippen LogP contribution >= 0.6 is 23.4 Å². The van der Waals surface area contributed by atoms with Crippen molar-refractivity contribution in [1.82, 2.24) is 15.6 Å². The van der Waals surface area contributed by atoms with Crippen LogP contribution in [0, 0.1) is 0 Å². The fourth-order valence-corrected chi connectivity index (χ4v) is 2.48. The summed E-state index contributed by atoms with van der Waals surface area (Å²) in [5.41, 5.74) is 1.22. The molecule has 3 amide bonds. The smallest absolute Gasteiger partial charge is 0.321 e. The molecular weight excluding hydrogens is 314 g/mol. The summed E-state index contributed by atoms with van der Waals surface area (Å²) in [6.45, 7) is 3.89. The van der Waals surface area contributed by atoms with Crippen LogP contribution in [-0.4, -0.2) is 28.7 Å². The number of thioether (sulfide) groups is 1. The maximum atomic E-state index is 11.8. The van der Waals surface area contributed by atoms with Crippen LogP contribution < -0.4 is 10.6 Å². The van der Waals surface area contributed by atoms with Crippen LogP contribution in [0.25, 0.3) is 11.1 Å². The Kier molecular flexibility index (Phi) is 5.08. The van der Waals surface area contributed by atoms with Gasteiger partial charge in [0.25, 0.3) is 5.22 Å². The Morgan fingerprint density at radius 2 is 2.24 bits per heavy atom. The second-order valence-electron chi connectivity index (χ2n) is 4.20. The lowest BCUT2D eigenvalue weighted by Gasteiger charge is -2.08. The normalized spacial score (nSPS) is 12.1. The number of fused-ring (bicyclic) bond motifs is 1. The molecule has 0 radical (unpaired) electrons. The molecule has 2 aromatic rings. The fourth-order valence-electron chi connectivity index (χ4n) is 1.55. The third kappa shape index (κ3) is 4.12. The summed E-state index contributed by atoms with van der Waals surface area (Å²) in [4.78, 5) is 27.3. The molecule has 6 nitrogen and oxygen atoms in total. The number of amides is 3. The van der Waals surface area contributed by atoms with Gasteiger partial charge in [-0.25, -0.2) is 9.78 Å². The zero-order valence-electron chi connectivity index (χ0n) is 11.5. The number of nitrogens with one attached hydrogen (secondary N) is 2. The van der Waals surface area contributed by atoms with Gasteiger partial charge in [0.2, 0.25) is 5.91 Å². The summed E-state index contributed by atoms with van der Waals surface area (Å²) in [5, 5.41) is 5.13. The molecule has 21 heavy (non-hydrogen) atoms. The average molecular weight is 328 g/mol. The van der Waals surface area contributed by atoms with Crippen LogP contribution in [0.4, 0.5) is 4.79 Å². The van der Waals surface area contributed by atoms with Crippen molar-refractivity contribution >= 4 is 46.4 Å². The minimum absolute atomic E-state index is 0.353. The largest absolute Gasteiger partial charge is 0.431 e. The Morgan fingerprint density at radius 3 is 2.95 bits per heavy atom. The van der Waals surface area contributed by atoms with Crippen molar-refractivity contribution in [1.29, 1.82) is 0 Å². The molecule has 1 aromatic carbocycles. The van der Waals surface area contributed by atoms with E-state index in [1.54, 1.807) is 32.0 Å². The van der Waals surface area contributed by atoms with E-state index >= 15 is 0 Å². The Morgan fingerprint density at radius 1 is 1.48 bits per heavy atom. The van der Waals surface area contributed by atoms with E-state index in [4.69, 9.17) is 16.0 Å². The van der Waals surface area contributed by atoms with Gasteiger partial charge in [-0.05, 0) is 32.0 Å². The van der Waals surface area contributed by atoms with Crippen molar-refractivity contribution in [3.63, 3.8) is 0 Å². The van der Waals surface area contributed by atoms with Crippen LogP contribution in [0.1, 0.15) is 13.8 Å². The quantitative estimate of drug-likeness (QED) is 0.843. The number of nitrogens with zero attached hydrogens (tertiary/aromatic N) is 1. The Hall–Kier alpha value is -1.73. The molecular formula is C13H14ClN3O3S. The van der Waals surface area contributed by atoms with Gasteiger partial charge in [-0.15, -0.1) is 0 Å². The maximum Gasteiger partial charge on any atom is 0.321 e. The predicted molar refractivity (Wildman–Crippen MR) is 81.6 cm³/mol. The third-order valence-electron chi connectivity index (χ3n) is 2.55. The third-order valence-corrected chi connectivity index (χ3v) is 3.73. The van der Waals surface area contributed by atoms with Gasteiger partial charge in [-0.3, -0.25) is 10.1 Å². The second-order valence-corrected chi connectivity index (χ2v) is 5.93. The molecule has 0 spiro atoms. The van der Waals surface area contributed by atoms with Crippen molar-refractivity contribution in [2.45, 2.75) is 24.3 Å². The second kappa shape index (κ2) is 6.82. The minimum atomic E-state index is -0.517. The van der Waals surface area contributed by atoms with Crippen molar-refractivity contribution < 1.29 is 14.0 Å². The molecule has 1 unspecified atom stereocenters. The number of halogens is 1. The molecule has 2 rings (SSSR count). The topological polar surface area (TPSA) is 84.2 Å². The molecule has 2 N–H and O–H groups in total. The number of rotatable bonds is 4. The van der Waals surface area contributed by atoms with Crippen LogP contribution in [-0.2, 0) is 4.79 Å². The molecule has 1 atom stereocenters. The first-order valence-corrected chi connectivity index (χ1v) is 7.56. The van der Waals surface area contributed by atoms with Crippen LogP contribution in [0.5, 0.6) is 0 Å². The zero-order valence-corrected chi connectivity index (χ0v) is 13.0. The van der Waals surface area contributed by atoms with E-state index in [2.05, 4.69) is 15.6 Å². The van der Waals surface area contributed by atoms with Gasteiger partial charge in [-0.1, -0.05) is 23.4 Å². The summed E-state index contributed by atoms with van der Waals surface area (Å²) in [6, 6.07) is 4.59. The number of benzene rings is 1. The van der Waals surface area contributed by atoms with Crippen molar-refractivity contribution in [2.75, 3.05) is 6.54 Å². The highest BCUT2D eigenvalue weighted by atomic mass is 35.5. The molecule has 0 aliphatic rings. The van der Waals surface area contributed by atoms with Crippen LogP contribution in [0.3, 0.4) is 0 Å². The highest BCUT2D eigenvalue weighted by molar-refractivity contribution is 8.00. The summed E-state index contributed by atoms with van der Waals surface area (Å²) < 4.78 is 5.51. The van der Waals surface area contributed by atoms with E-state index < -0.39 is 17.2 Å². The molecule has 0 bridgehead atoms. The maximum absolute atomic E-state index is 11.8. The highest BCUT2D eigenvalue weighted by Crippen LogP contribution is 2.28. The van der Waals surface area contributed by atoms with Crippen LogP contribution in [0.15, 0.2) is 27.8 Å². The molecule has 1 aromatic heterocycles. The van der Waals surface area contributed by atoms with Crippen molar-refractivity contribution in [3.8, 4) is 0 Å². The predicted octanol–water partition coefficient (Wildman–Crippen LogP) is 2.81. The van der Waals surface area contributed by atoms with E-state index in [0.717, 1.165) is 11.8 Å². The number of hydrogen-bond donors (Lipinski definition) is 2. The molecule has 8 heteroatoms. The van der Waals surface area contributed by atoms with Gasteiger partial charge in [0.05, 0.1) is 5.25 Å². The van der Waals surface area contributed by atoms with Crippen molar-refractivity contribution in [2.24, 2.45) is 0 Å². The lowest BCUT2D eigenvalue weighted by molar-refractivity contribution is -0.119. The Bertz CT molecular complexity index is 674. The lowest BCUT2D eigenvalue weighted by Crippen LogP contribution is -2.42. The summed E-state index contributed by atoms with van der Waals surface area (Å²) in [6.07, 6.45) is 0. The monoisotopic (exact) mass is 327 g/mol. The fraction of sp³-hybridized carbons (Fsp3) is 0.308. The van der Waals surface area contributed by atoms with E-state index in [9.17, 15) is 9.59 Å². The van der Waals surface area contributed by atoms with E-state index in [1.807, 2.05) is 0 Å². The first-order chi connectivity index (χ1) is 9.99. The number of aromatic nitrogens is 1. The molecule has 1 heterocycles. The number of carbonyl (C=O) groups excluding carboxylic acids is 2. The number of urea groups is 1. The number of hydrogen-bond acceptors (Lipinski definition) is 5. The molecule has 0 aliphatic carbocycles. The Labute approximate surface area is 130 Å². The molecule has 0 saturated heterocycles. The molecule has 0 fully saturated rings. The first kappa shape index (κ1) is 15.7. The number of oxazole rings is 1. The first-order valence-electron chi connectivity index (χ1n) is 6.31. The van der Waals surface area contributed by atoms with Gasteiger partial charge >= 0.3 is 6.03 Å².